The van der Waals surface area contributed by atoms with Gasteiger partial charge in [-0.1, -0.05) is 141 Å². The average Bonchev–Trinajstić information content (AvgIpc) is 2.98. The summed E-state index contributed by atoms with van der Waals surface area (Å²) in [5.74, 6) is 0. The molecule has 0 N–H and O–H groups in total. The van der Waals surface area contributed by atoms with Gasteiger partial charge in [0, 0.05) is 19.5 Å². The summed E-state index contributed by atoms with van der Waals surface area (Å²) in [6.07, 6.45) is 0. The fraction of sp³-hybridized carbons (Fsp3) is 0. The van der Waals surface area contributed by atoms with Gasteiger partial charge in [-0.2, -0.15) is 0 Å². The quantitative estimate of drug-likeness (QED) is 0.174. The molecule has 0 saturated heterocycles. The molecule has 0 aliphatic heterocycles. The summed E-state index contributed by atoms with van der Waals surface area (Å²) in [6, 6.07) is 48.8. The first-order valence-corrected chi connectivity index (χ1v) is 14.6. The number of rotatable bonds is 5. The van der Waals surface area contributed by atoms with E-state index in [2.05, 4.69) is 147 Å². The van der Waals surface area contributed by atoms with Crippen molar-refractivity contribution in [1.82, 2.24) is 0 Å². The van der Waals surface area contributed by atoms with Crippen molar-refractivity contribution in [1.29, 1.82) is 0 Å². The largest absolute Gasteiger partial charge is 0.0837 e. The number of benzene rings is 6. The van der Waals surface area contributed by atoms with E-state index in [4.69, 9.17) is 11.6 Å². The van der Waals surface area contributed by atoms with Crippen LogP contribution < -0.4 is 0 Å². The monoisotopic (exact) mass is 648 g/mol. The Bertz CT molecular complexity index is 1710. The van der Waals surface area contributed by atoms with Gasteiger partial charge in [0.05, 0.1) is 0 Å². The zero-order chi connectivity index (χ0) is 26.8. The summed E-state index contributed by atoms with van der Waals surface area (Å²) in [5.41, 5.74) is 11.3. The zero-order valence-corrected chi connectivity index (χ0v) is 24.8. The molecule has 0 aromatic heterocycles. The Labute approximate surface area is 251 Å². The fourth-order valence-electron chi connectivity index (χ4n) is 4.99. The van der Waals surface area contributed by atoms with Gasteiger partial charge in [0.25, 0.3) is 0 Å². The summed E-state index contributed by atoms with van der Waals surface area (Å²) >= 11 is 14.4. The molecule has 0 bridgehead atoms. The summed E-state index contributed by atoms with van der Waals surface area (Å²) in [5, 5.41) is 0.733. The Hall–Kier alpha value is -3.43. The second-order valence-corrected chi connectivity index (χ2v) is 11.5. The van der Waals surface area contributed by atoms with E-state index in [-0.39, 0.29) is 0 Å². The minimum atomic E-state index is 0.733. The van der Waals surface area contributed by atoms with E-state index in [1.165, 1.54) is 22.3 Å². The molecule has 0 nitrogen and oxygen atoms in total. The molecule has 6 aromatic carbocycles. The molecular formula is C36H23Br2Cl. The fourth-order valence-corrected chi connectivity index (χ4v) is 6.32. The molecule has 3 heteroatoms. The van der Waals surface area contributed by atoms with Crippen molar-refractivity contribution in [2.24, 2.45) is 0 Å². The van der Waals surface area contributed by atoms with Crippen molar-refractivity contribution in [2.75, 3.05) is 0 Å². The van der Waals surface area contributed by atoms with E-state index in [0.29, 0.717) is 0 Å². The lowest BCUT2D eigenvalue weighted by Crippen LogP contribution is -1.91. The lowest BCUT2D eigenvalue weighted by atomic mass is 9.89. The van der Waals surface area contributed by atoms with E-state index in [0.717, 1.165) is 47.3 Å². The molecule has 0 saturated carbocycles. The topological polar surface area (TPSA) is 0 Å². The van der Waals surface area contributed by atoms with Crippen molar-refractivity contribution < 1.29 is 0 Å². The van der Waals surface area contributed by atoms with Crippen molar-refractivity contribution in [3.05, 3.63) is 153 Å². The minimum Gasteiger partial charge on any atom is -0.0837 e. The van der Waals surface area contributed by atoms with Gasteiger partial charge in [0.2, 0.25) is 0 Å². The standard InChI is InChI=1S/C36H23Br2Cl/c37-34-17-9-7-15-29(34)26-19-27(30-16-8-10-18-36(30)39)21-28(20-26)33-22-31(24-11-3-1-4-12-24)32(23-35(33)38)25-13-5-2-6-14-25/h1-23H. The summed E-state index contributed by atoms with van der Waals surface area (Å²) in [6.45, 7) is 0. The normalized spacial score (nSPS) is 10.9. The molecule has 0 unspecified atom stereocenters. The minimum absolute atomic E-state index is 0.733. The molecule has 39 heavy (non-hydrogen) atoms. The van der Waals surface area contributed by atoms with Crippen molar-refractivity contribution in [2.45, 2.75) is 0 Å². The molecule has 0 aliphatic carbocycles. The van der Waals surface area contributed by atoms with Crippen LogP contribution in [0.2, 0.25) is 5.02 Å². The van der Waals surface area contributed by atoms with Crippen molar-refractivity contribution in [3.63, 3.8) is 0 Å². The van der Waals surface area contributed by atoms with Crippen molar-refractivity contribution in [3.8, 4) is 55.6 Å². The maximum atomic E-state index is 6.69. The van der Waals surface area contributed by atoms with Crippen LogP contribution in [0, 0.1) is 0 Å². The second kappa shape index (κ2) is 11.4. The smallest absolute Gasteiger partial charge is 0.0484 e. The van der Waals surface area contributed by atoms with Gasteiger partial charge in [-0.15, -0.1) is 0 Å². The molecule has 188 valence electrons. The van der Waals surface area contributed by atoms with E-state index in [1.807, 2.05) is 24.3 Å². The van der Waals surface area contributed by atoms with Gasteiger partial charge < -0.3 is 0 Å². The Morgan fingerprint density at radius 3 is 1.38 bits per heavy atom. The van der Waals surface area contributed by atoms with Gasteiger partial charge in [0.1, 0.15) is 0 Å². The van der Waals surface area contributed by atoms with Crippen molar-refractivity contribution >= 4 is 43.5 Å². The first-order valence-electron chi connectivity index (χ1n) is 12.7. The maximum absolute atomic E-state index is 6.69. The molecular weight excluding hydrogens is 628 g/mol. The van der Waals surface area contributed by atoms with E-state index >= 15 is 0 Å². The molecule has 0 heterocycles. The van der Waals surface area contributed by atoms with E-state index < -0.39 is 0 Å². The first-order chi connectivity index (χ1) is 19.1. The first kappa shape index (κ1) is 25.8. The molecule has 6 aromatic rings. The van der Waals surface area contributed by atoms with Gasteiger partial charge in [-0.05, 0) is 92.5 Å². The third-order valence-corrected chi connectivity index (χ3v) is 8.57. The van der Waals surface area contributed by atoms with Gasteiger partial charge >= 0.3 is 0 Å². The Kier molecular flexibility index (Phi) is 7.52. The third-order valence-electron chi connectivity index (χ3n) is 6.89. The highest BCUT2D eigenvalue weighted by Crippen LogP contribution is 2.43. The second-order valence-electron chi connectivity index (χ2n) is 9.37. The Morgan fingerprint density at radius 2 is 0.795 bits per heavy atom. The summed E-state index contributed by atoms with van der Waals surface area (Å²) < 4.78 is 2.09. The number of hydrogen-bond acceptors (Lipinski definition) is 0. The van der Waals surface area contributed by atoms with Crippen LogP contribution in [0.25, 0.3) is 55.6 Å². The van der Waals surface area contributed by atoms with Crippen LogP contribution in [0.15, 0.2) is 148 Å². The third kappa shape index (κ3) is 5.38. The highest BCUT2D eigenvalue weighted by Gasteiger charge is 2.16. The summed E-state index contributed by atoms with van der Waals surface area (Å²) in [4.78, 5) is 0. The lowest BCUT2D eigenvalue weighted by Gasteiger charge is -2.17. The van der Waals surface area contributed by atoms with Crippen LogP contribution >= 0.6 is 43.5 Å². The van der Waals surface area contributed by atoms with Gasteiger partial charge in [0.15, 0.2) is 0 Å². The molecule has 0 atom stereocenters. The molecule has 0 fully saturated rings. The van der Waals surface area contributed by atoms with Crippen LogP contribution in [-0.2, 0) is 0 Å². The zero-order valence-electron chi connectivity index (χ0n) is 20.9. The predicted octanol–water partition coefficient (Wildman–Crippen LogP) is 12.2. The highest BCUT2D eigenvalue weighted by molar-refractivity contribution is 9.11. The average molecular weight is 651 g/mol. The van der Waals surface area contributed by atoms with Crippen LogP contribution in [0.5, 0.6) is 0 Å². The molecule has 0 amide bonds. The van der Waals surface area contributed by atoms with E-state index in [9.17, 15) is 0 Å². The number of hydrogen-bond donors (Lipinski definition) is 0. The van der Waals surface area contributed by atoms with Crippen LogP contribution in [0.4, 0.5) is 0 Å². The molecule has 0 spiro atoms. The lowest BCUT2D eigenvalue weighted by molar-refractivity contribution is 1.52. The van der Waals surface area contributed by atoms with Gasteiger partial charge in [-0.3, -0.25) is 0 Å². The maximum Gasteiger partial charge on any atom is 0.0484 e. The Morgan fingerprint density at radius 1 is 0.333 bits per heavy atom. The highest BCUT2D eigenvalue weighted by atomic mass is 79.9. The van der Waals surface area contributed by atoms with Crippen LogP contribution in [0.1, 0.15) is 0 Å². The molecule has 0 radical (unpaired) electrons. The SMILES string of the molecule is Clc1ccccc1-c1cc(-c2ccccc2Br)cc(-c2cc(-c3ccccc3)c(-c3ccccc3)cc2Br)c1. The van der Waals surface area contributed by atoms with Gasteiger partial charge in [-0.25, -0.2) is 0 Å². The molecule has 0 aliphatic rings. The number of halogens is 3. The van der Waals surface area contributed by atoms with Crippen LogP contribution in [-0.4, -0.2) is 0 Å². The summed E-state index contributed by atoms with van der Waals surface area (Å²) in [7, 11) is 0. The van der Waals surface area contributed by atoms with E-state index in [1.54, 1.807) is 0 Å². The molecule has 6 rings (SSSR count). The Balaban J connectivity index is 1.62. The van der Waals surface area contributed by atoms with Crippen LogP contribution in [0.3, 0.4) is 0 Å². The predicted molar refractivity (Wildman–Crippen MR) is 174 cm³/mol.